The van der Waals surface area contributed by atoms with Gasteiger partial charge < -0.3 is 10.2 Å². The zero-order valence-electron chi connectivity index (χ0n) is 8.53. The van der Waals surface area contributed by atoms with Gasteiger partial charge in [0, 0.05) is 5.56 Å². The molecular weight excluding hydrogens is 207 g/mol. The van der Waals surface area contributed by atoms with Crippen molar-refractivity contribution in [2.75, 3.05) is 0 Å². The molecule has 82 valence electrons. The number of hydrogen-bond donors (Lipinski definition) is 2. The van der Waals surface area contributed by atoms with Gasteiger partial charge in [-0.1, -0.05) is 0 Å². The number of amidine groups is 1. The van der Waals surface area contributed by atoms with Crippen molar-refractivity contribution in [1.82, 2.24) is 0 Å². The van der Waals surface area contributed by atoms with Gasteiger partial charge in [0.2, 0.25) is 0 Å². The van der Waals surface area contributed by atoms with Gasteiger partial charge in [0.05, 0.1) is 12.3 Å². The van der Waals surface area contributed by atoms with Crippen molar-refractivity contribution in [2.45, 2.75) is 6.42 Å². The fourth-order valence-corrected chi connectivity index (χ4v) is 1.43. The van der Waals surface area contributed by atoms with E-state index in [1.807, 2.05) is 0 Å². The van der Waals surface area contributed by atoms with Crippen molar-refractivity contribution >= 4 is 5.84 Å². The third kappa shape index (κ3) is 2.28. The summed E-state index contributed by atoms with van der Waals surface area (Å²) in [5.74, 6) is 1.06. The topological polar surface area (TPSA) is 63.0 Å². The second-order valence-corrected chi connectivity index (χ2v) is 3.47. The zero-order chi connectivity index (χ0) is 11.5. The molecular formula is C12H11FN2O. The Morgan fingerprint density at radius 3 is 2.50 bits per heavy atom. The quantitative estimate of drug-likeness (QED) is 0.614. The standard InChI is InChI=1S/C12H11FN2O/c13-9-3-1-8(2-4-9)11-6-5-10(16-11)7-12(14)15/h1-6H,7H2,(H3,14,15). The van der Waals surface area contributed by atoms with Crippen molar-refractivity contribution in [3.05, 3.63) is 48.0 Å². The number of hydrogen-bond acceptors (Lipinski definition) is 2. The van der Waals surface area contributed by atoms with Gasteiger partial charge >= 0.3 is 0 Å². The largest absolute Gasteiger partial charge is 0.461 e. The number of furan rings is 1. The van der Waals surface area contributed by atoms with Gasteiger partial charge in [-0.3, -0.25) is 5.41 Å². The maximum atomic E-state index is 12.7. The number of halogens is 1. The first-order valence-corrected chi connectivity index (χ1v) is 4.83. The van der Waals surface area contributed by atoms with E-state index >= 15 is 0 Å². The molecule has 1 heterocycles. The molecule has 2 rings (SSSR count). The van der Waals surface area contributed by atoms with E-state index in [2.05, 4.69) is 0 Å². The molecule has 0 fully saturated rings. The molecule has 0 saturated heterocycles. The van der Waals surface area contributed by atoms with E-state index in [4.69, 9.17) is 15.6 Å². The SMILES string of the molecule is N=C(N)Cc1ccc(-c2ccc(F)cc2)o1. The average Bonchev–Trinajstić information content (AvgIpc) is 2.66. The van der Waals surface area contributed by atoms with Crippen LogP contribution in [0.15, 0.2) is 40.8 Å². The highest BCUT2D eigenvalue weighted by atomic mass is 19.1. The highest BCUT2D eigenvalue weighted by molar-refractivity contribution is 5.79. The third-order valence-corrected chi connectivity index (χ3v) is 2.16. The summed E-state index contributed by atoms with van der Waals surface area (Å²) in [5.41, 5.74) is 6.07. The Morgan fingerprint density at radius 1 is 1.19 bits per heavy atom. The summed E-state index contributed by atoms with van der Waals surface area (Å²) in [4.78, 5) is 0. The third-order valence-electron chi connectivity index (χ3n) is 2.16. The van der Waals surface area contributed by atoms with Crippen LogP contribution in [0.3, 0.4) is 0 Å². The molecule has 1 aromatic carbocycles. The van der Waals surface area contributed by atoms with E-state index < -0.39 is 0 Å². The monoisotopic (exact) mass is 218 g/mol. The lowest BCUT2D eigenvalue weighted by molar-refractivity contribution is 0.539. The smallest absolute Gasteiger partial charge is 0.134 e. The van der Waals surface area contributed by atoms with Gasteiger partial charge in [-0.2, -0.15) is 0 Å². The molecule has 3 N–H and O–H groups in total. The molecule has 0 aliphatic rings. The molecule has 0 bridgehead atoms. The molecule has 0 atom stereocenters. The van der Waals surface area contributed by atoms with Crippen LogP contribution in [0.25, 0.3) is 11.3 Å². The molecule has 1 aromatic heterocycles. The van der Waals surface area contributed by atoms with Crippen LogP contribution in [-0.4, -0.2) is 5.84 Å². The Balaban J connectivity index is 2.24. The molecule has 0 saturated carbocycles. The van der Waals surface area contributed by atoms with Crippen LogP contribution in [0.5, 0.6) is 0 Å². The summed E-state index contributed by atoms with van der Waals surface area (Å²) >= 11 is 0. The molecule has 0 aliphatic heterocycles. The molecule has 2 aromatic rings. The zero-order valence-corrected chi connectivity index (χ0v) is 8.53. The van der Waals surface area contributed by atoms with Crippen molar-refractivity contribution < 1.29 is 8.81 Å². The minimum absolute atomic E-state index is 0.0556. The lowest BCUT2D eigenvalue weighted by atomic mass is 10.2. The van der Waals surface area contributed by atoms with Crippen LogP contribution in [0, 0.1) is 11.2 Å². The van der Waals surface area contributed by atoms with Crippen LogP contribution in [0.4, 0.5) is 4.39 Å². The summed E-state index contributed by atoms with van der Waals surface area (Å²) in [7, 11) is 0. The molecule has 0 aliphatic carbocycles. The Labute approximate surface area is 92.2 Å². The van der Waals surface area contributed by atoms with Gasteiger partial charge in [0.15, 0.2) is 0 Å². The average molecular weight is 218 g/mol. The summed E-state index contributed by atoms with van der Waals surface area (Å²) in [6.45, 7) is 0. The predicted molar refractivity (Wildman–Crippen MR) is 59.7 cm³/mol. The van der Waals surface area contributed by atoms with Crippen molar-refractivity contribution in [3.8, 4) is 11.3 Å². The van der Waals surface area contributed by atoms with Crippen LogP contribution < -0.4 is 5.73 Å². The van der Waals surface area contributed by atoms with Crippen LogP contribution in [0.2, 0.25) is 0 Å². The van der Waals surface area contributed by atoms with E-state index in [1.165, 1.54) is 12.1 Å². The van der Waals surface area contributed by atoms with E-state index in [9.17, 15) is 4.39 Å². The highest BCUT2D eigenvalue weighted by Gasteiger charge is 2.05. The maximum Gasteiger partial charge on any atom is 0.134 e. The number of benzene rings is 1. The Hall–Kier alpha value is -2.10. The van der Waals surface area contributed by atoms with E-state index in [0.29, 0.717) is 17.9 Å². The molecule has 0 amide bonds. The van der Waals surface area contributed by atoms with Gasteiger partial charge in [0.1, 0.15) is 17.3 Å². The van der Waals surface area contributed by atoms with Crippen molar-refractivity contribution in [1.29, 1.82) is 5.41 Å². The van der Waals surface area contributed by atoms with Crippen LogP contribution in [-0.2, 0) is 6.42 Å². The molecule has 0 radical (unpaired) electrons. The molecule has 0 unspecified atom stereocenters. The lowest BCUT2D eigenvalue weighted by Crippen LogP contribution is -2.11. The molecule has 16 heavy (non-hydrogen) atoms. The number of nitrogens with two attached hydrogens (primary N) is 1. The first-order valence-electron chi connectivity index (χ1n) is 4.83. The van der Waals surface area contributed by atoms with Crippen LogP contribution in [0.1, 0.15) is 5.76 Å². The van der Waals surface area contributed by atoms with Crippen LogP contribution >= 0.6 is 0 Å². The fourth-order valence-electron chi connectivity index (χ4n) is 1.43. The lowest BCUT2D eigenvalue weighted by Gasteiger charge is -1.97. The summed E-state index contributed by atoms with van der Waals surface area (Å²) in [5, 5.41) is 7.14. The van der Waals surface area contributed by atoms with E-state index in [0.717, 1.165) is 5.56 Å². The molecule has 0 spiro atoms. The van der Waals surface area contributed by atoms with Gasteiger partial charge in [-0.25, -0.2) is 4.39 Å². The fraction of sp³-hybridized carbons (Fsp3) is 0.0833. The molecule has 3 nitrogen and oxygen atoms in total. The Kier molecular flexibility index (Phi) is 2.72. The van der Waals surface area contributed by atoms with Gasteiger partial charge in [-0.05, 0) is 36.4 Å². The predicted octanol–water partition coefficient (Wildman–Crippen LogP) is 2.56. The maximum absolute atomic E-state index is 12.7. The minimum Gasteiger partial charge on any atom is -0.461 e. The van der Waals surface area contributed by atoms with Crippen molar-refractivity contribution in [3.63, 3.8) is 0 Å². The second kappa shape index (κ2) is 4.18. The number of nitrogens with one attached hydrogen (secondary N) is 1. The van der Waals surface area contributed by atoms with Crippen molar-refractivity contribution in [2.24, 2.45) is 5.73 Å². The second-order valence-electron chi connectivity index (χ2n) is 3.47. The first-order chi connectivity index (χ1) is 7.65. The van der Waals surface area contributed by atoms with Gasteiger partial charge in [-0.15, -0.1) is 0 Å². The number of rotatable bonds is 3. The highest BCUT2D eigenvalue weighted by Crippen LogP contribution is 2.22. The Bertz CT molecular complexity index is 502. The first kappa shape index (κ1) is 10.4. The summed E-state index contributed by atoms with van der Waals surface area (Å²) in [6.07, 6.45) is 0.293. The van der Waals surface area contributed by atoms with Gasteiger partial charge in [0.25, 0.3) is 0 Å². The summed E-state index contributed by atoms with van der Waals surface area (Å²) in [6, 6.07) is 9.59. The normalized spacial score (nSPS) is 10.3. The van der Waals surface area contributed by atoms with E-state index in [1.54, 1.807) is 24.3 Å². The van der Waals surface area contributed by atoms with E-state index in [-0.39, 0.29) is 11.7 Å². The molecule has 4 heteroatoms. The minimum atomic E-state index is -0.278. The summed E-state index contributed by atoms with van der Waals surface area (Å²) < 4.78 is 18.2. The Morgan fingerprint density at radius 2 is 1.88 bits per heavy atom.